The van der Waals surface area contributed by atoms with Crippen LogP contribution in [0.2, 0.25) is 0 Å². The zero-order valence-electron chi connectivity index (χ0n) is 7.70. The molecule has 0 aliphatic heterocycles. The monoisotopic (exact) mass is 161 g/mol. The summed E-state index contributed by atoms with van der Waals surface area (Å²) in [6, 6.07) is 0. The minimum atomic E-state index is 0.954. The van der Waals surface area contributed by atoms with E-state index in [4.69, 9.17) is 0 Å². The molecule has 0 N–H and O–H groups in total. The average Bonchev–Trinajstić information content (AvgIpc) is 2.05. The van der Waals surface area contributed by atoms with Crippen LogP contribution in [0.1, 0.15) is 13.8 Å². The highest BCUT2D eigenvalue weighted by molar-refractivity contribution is 5.93. The Morgan fingerprint density at radius 2 is 1.83 bits per heavy atom. The number of hydrogen-bond acceptors (Lipinski definition) is 1. The summed E-state index contributed by atoms with van der Waals surface area (Å²) in [5.74, 6) is 0. The number of hydrogen-bond donors (Lipinski definition) is 0. The Kier molecular flexibility index (Phi) is 6.85. The van der Waals surface area contributed by atoms with Crippen molar-refractivity contribution in [1.82, 2.24) is 0 Å². The first-order valence-electron chi connectivity index (χ1n) is 3.92. The second-order valence-corrected chi connectivity index (χ2v) is 2.22. The lowest BCUT2D eigenvalue weighted by Gasteiger charge is -1.83. The maximum Gasteiger partial charge on any atom is 0.0372 e. The van der Waals surface area contributed by atoms with Crippen LogP contribution < -0.4 is 0 Å². The molecule has 64 valence electrons. The molecule has 1 nitrogen and oxygen atoms in total. The third-order valence-electron chi connectivity index (χ3n) is 1.16. The van der Waals surface area contributed by atoms with Crippen LogP contribution in [0.3, 0.4) is 0 Å². The third kappa shape index (κ3) is 6.75. The van der Waals surface area contributed by atoms with Crippen molar-refractivity contribution in [2.75, 3.05) is 0 Å². The van der Waals surface area contributed by atoms with E-state index in [-0.39, 0.29) is 0 Å². The Morgan fingerprint density at radius 3 is 2.42 bits per heavy atom. The molecule has 0 aliphatic rings. The van der Waals surface area contributed by atoms with Gasteiger partial charge in [0.2, 0.25) is 0 Å². The van der Waals surface area contributed by atoms with Crippen LogP contribution in [0.15, 0.2) is 54.2 Å². The summed E-state index contributed by atoms with van der Waals surface area (Å²) in [6.45, 7) is 7.42. The number of allylic oxidation sites excluding steroid dienone is 6. The molecule has 0 saturated carbocycles. The summed E-state index contributed by atoms with van der Waals surface area (Å²) in [4.78, 5) is 3.98. The van der Waals surface area contributed by atoms with Crippen molar-refractivity contribution in [2.45, 2.75) is 13.8 Å². The molecule has 0 bridgehead atoms. The normalized spacial score (nSPS) is 13.7. The van der Waals surface area contributed by atoms with Gasteiger partial charge in [0, 0.05) is 11.9 Å². The molecular weight excluding hydrogens is 146 g/mol. The Morgan fingerprint density at radius 1 is 1.17 bits per heavy atom. The molecule has 0 unspecified atom stereocenters. The Balaban J connectivity index is 3.91. The second-order valence-electron chi connectivity index (χ2n) is 2.22. The van der Waals surface area contributed by atoms with Gasteiger partial charge >= 0.3 is 0 Å². The average molecular weight is 161 g/mol. The summed E-state index contributed by atoms with van der Waals surface area (Å²) >= 11 is 0. The van der Waals surface area contributed by atoms with E-state index in [1.807, 2.05) is 50.3 Å². The van der Waals surface area contributed by atoms with Gasteiger partial charge < -0.3 is 0 Å². The van der Waals surface area contributed by atoms with E-state index >= 15 is 0 Å². The highest BCUT2D eigenvalue weighted by atomic mass is 14.7. The van der Waals surface area contributed by atoms with Crippen LogP contribution >= 0.6 is 0 Å². The van der Waals surface area contributed by atoms with Crippen LogP contribution in [-0.4, -0.2) is 5.71 Å². The molecule has 12 heavy (non-hydrogen) atoms. The highest BCUT2D eigenvalue weighted by Gasteiger charge is 1.75. The predicted molar refractivity (Wildman–Crippen MR) is 56.4 cm³/mol. The summed E-state index contributed by atoms with van der Waals surface area (Å²) in [6.07, 6.45) is 13.3. The van der Waals surface area contributed by atoms with Gasteiger partial charge in [0.15, 0.2) is 0 Å². The Labute approximate surface area is 74.5 Å². The number of aliphatic imine (C=N–C) groups is 1. The largest absolute Gasteiger partial charge is 0.262 e. The molecule has 0 aromatic carbocycles. The fraction of sp³-hybridized carbons (Fsp3) is 0.182. The first kappa shape index (κ1) is 10.6. The van der Waals surface area contributed by atoms with Crippen molar-refractivity contribution in [3.63, 3.8) is 0 Å². The molecule has 0 aromatic rings. The van der Waals surface area contributed by atoms with Crippen molar-refractivity contribution >= 4 is 5.71 Å². The van der Waals surface area contributed by atoms with E-state index in [1.54, 1.807) is 0 Å². The summed E-state index contributed by atoms with van der Waals surface area (Å²) in [5.41, 5.74) is 0.954. The van der Waals surface area contributed by atoms with Crippen molar-refractivity contribution in [1.29, 1.82) is 0 Å². The van der Waals surface area contributed by atoms with E-state index in [9.17, 15) is 0 Å². The van der Waals surface area contributed by atoms with Crippen LogP contribution in [0.5, 0.6) is 0 Å². The molecule has 0 aromatic heterocycles. The molecule has 0 radical (unpaired) electrons. The lowest BCUT2D eigenvalue weighted by Crippen LogP contribution is -1.79. The van der Waals surface area contributed by atoms with E-state index in [2.05, 4.69) is 11.6 Å². The van der Waals surface area contributed by atoms with Crippen molar-refractivity contribution in [2.24, 2.45) is 4.99 Å². The fourth-order valence-corrected chi connectivity index (χ4v) is 0.621. The molecule has 0 saturated heterocycles. The molecule has 0 rings (SSSR count). The minimum absolute atomic E-state index is 0.954. The zero-order chi connectivity index (χ0) is 9.23. The Hall–Kier alpha value is -1.37. The molecule has 0 spiro atoms. The molecule has 1 heteroatoms. The van der Waals surface area contributed by atoms with Gasteiger partial charge in [0.25, 0.3) is 0 Å². The molecule has 0 heterocycles. The predicted octanol–water partition coefficient (Wildman–Crippen LogP) is 3.28. The van der Waals surface area contributed by atoms with Gasteiger partial charge in [0.05, 0.1) is 0 Å². The second kappa shape index (κ2) is 7.73. The minimum Gasteiger partial charge on any atom is -0.262 e. The van der Waals surface area contributed by atoms with E-state index in [0.717, 1.165) is 5.71 Å². The molecule has 0 atom stereocenters. The number of rotatable bonds is 4. The van der Waals surface area contributed by atoms with Gasteiger partial charge in [-0.05, 0) is 19.9 Å². The molecule has 0 fully saturated rings. The van der Waals surface area contributed by atoms with Crippen LogP contribution in [0.25, 0.3) is 0 Å². The maximum atomic E-state index is 3.98. The van der Waals surface area contributed by atoms with Gasteiger partial charge in [-0.1, -0.05) is 37.0 Å². The first-order valence-corrected chi connectivity index (χ1v) is 3.92. The van der Waals surface area contributed by atoms with Gasteiger partial charge in [-0.2, -0.15) is 0 Å². The lowest BCUT2D eigenvalue weighted by atomic mass is 10.3. The smallest absolute Gasteiger partial charge is 0.0372 e. The quantitative estimate of drug-likeness (QED) is 0.443. The van der Waals surface area contributed by atoms with Crippen molar-refractivity contribution in [3.8, 4) is 0 Å². The van der Waals surface area contributed by atoms with Crippen LogP contribution in [-0.2, 0) is 0 Å². The molecule has 0 amide bonds. The van der Waals surface area contributed by atoms with Gasteiger partial charge in [-0.25, -0.2) is 0 Å². The van der Waals surface area contributed by atoms with Gasteiger partial charge in [-0.15, -0.1) is 0 Å². The summed E-state index contributed by atoms with van der Waals surface area (Å²) < 4.78 is 0. The Bertz CT molecular complexity index is 229. The topological polar surface area (TPSA) is 12.4 Å². The lowest BCUT2D eigenvalue weighted by molar-refractivity contribution is 1.56. The van der Waals surface area contributed by atoms with E-state index < -0.39 is 0 Å². The van der Waals surface area contributed by atoms with Crippen LogP contribution in [0.4, 0.5) is 0 Å². The highest BCUT2D eigenvalue weighted by Crippen LogP contribution is 1.84. The molecule has 0 aliphatic carbocycles. The van der Waals surface area contributed by atoms with Crippen LogP contribution in [0, 0.1) is 0 Å². The van der Waals surface area contributed by atoms with E-state index in [0.29, 0.717) is 0 Å². The SMILES string of the molecule is C=CN=C(C)\C=C/C=C\C=C\C. The van der Waals surface area contributed by atoms with Gasteiger partial charge in [0.1, 0.15) is 0 Å². The maximum absolute atomic E-state index is 3.98. The van der Waals surface area contributed by atoms with Gasteiger partial charge in [-0.3, -0.25) is 4.99 Å². The summed E-state index contributed by atoms with van der Waals surface area (Å²) in [7, 11) is 0. The third-order valence-corrected chi connectivity index (χ3v) is 1.16. The molecular formula is C11H15N. The fourth-order valence-electron chi connectivity index (χ4n) is 0.621. The standard InChI is InChI=1S/C11H15N/c1-4-6-7-8-9-10-11(3)12-5-2/h4-10H,2H2,1,3H3/b6-4+,8-7-,10-9-,12-11?. The number of nitrogens with zero attached hydrogens (tertiary/aromatic N) is 1. The first-order chi connectivity index (χ1) is 5.81. The van der Waals surface area contributed by atoms with E-state index in [1.165, 1.54) is 6.20 Å². The zero-order valence-corrected chi connectivity index (χ0v) is 7.70. The summed E-state index contributed by atoms with van der Waals surface area (Å²) in [5, 5.41) is 0. The van der Waals surface area contributed by atoms with Crippen molar-refractivity contribution in [3.05, 3.63) is 49.2 Å². The van der Waals surface area contributed by atoms with Crippen molar-refractivity contribution < 1.29 is 0 Å².